The predicted octanol–water partition coefficient (Wildman–Crippen LogP) is 3.35. The molecule has 29 heavy (non-hydrogen) atoms. The number of amides is 2. The number of fused-ring (bicyclic) bond motifs is 2. The van der Waals surface area contributed by atoms with Crippen LogP contribution >= 0.6 is 11.3 Å². The number of rotatable bonds is 4. The zero-order valence-electron chi connectivity index (χ0n) is 16.1. The molecule has 0 atom stereocenters. The number of carbonyl (C=O) groups excluding carboxylic acids is 2. The highest BCUT2D eigenvalue weighted by atomic mass is 32.1. The van der Waals surface area contributed by atoms with Gasteiger partial charge in [-0.15, -0.1) is 11.3 Å². The maximum absolute atomic E-state index is 13.1. The first kappa shape index (κ1) is 19.2. The van der Waals surface area contributed by atoms with Gasteiger partial charge in [-0.05, 0) is 43.4 Å². The van der Waals surface area contributed by atoms with Crippen LogP contribution < -0.4 is 21.0 Å². The Morgan fingerprint density at radius 3 is 2.69 bits per heavy atom. The van der Waals surface area contributed by atoms with Crippen molar-refractivity contribution in [3.05, 3.63) is 56.3 Å². The normalized spacial score (nSPS) is 13.0. The molecule has 2 amide bonds. The Hall–Kier alpha value is -3.13. The molecule has 8 heteroatoms. The van der Waals surface area contributed by atoms with Gasteiger partial charge in [0.2, 0.25) is 0 Å². The molecule has 1 aromatic carbocycles. The molecule has 1 aliphatic rings. The molecular weight excluding hydrogens is 392 g/mol. The van der Waals surface area contributed by atoms with E-state index in [2.05, 4.69) is 10.6 Å². The first-order chi connectivity index (χ1) is 14.0. The quantitative estimate of drug-likeness (QED) is 0.641. The lowest BCUT2D eigenvalue weighted by Crippen LogP contribution is -2.22. The summed E-state index contributed by atoms with van der Waals surface area (Å²) in [4.78, 5) is 38.7. The van der Waals surface area contributed by atoms with Gasteiger partial charge in [0, 0.05) is 29.4 Å². The topological polar surface area (TPSA) is 97.6 Å². The third-order valence-electron chi connectivity index (χ3n) is 5.05. The van der Waals surface area contributed by atoms with E-state index < -0.39 is 11.5 Å². The van der Waals surface area contributed by atoms with Gasteiger partial charge in [-0.1, -0.05) is 0 Å². The molecule has 2 aromatic heterocycles. The summed E-state index contributed by atoms with van der Waals surface area (Å²) in [5, 5.41) is 6.52. The number of thiophene rings is 1. The van der Waals surface area contributed by atoms with Crippen molar-refractivity contribution in [3.63, 3.8) is 0 Å². The van der Waals surface area contributed by atoms with E-state index in [9.17, 15) is 14.4 Å². The van der Waals surface area contributed by atoms with Crippen LogP contribution in [0.25, 0.3) is 11.0 Å². The lowest BCUT2D eigenvalue weighted by Gasteiger charge is -2.12. The molecule has 4 rings (SSSR count). The SMILES string of the molecule is CNC(=O)c1c(NC(=O)c2cc(=O)oc3cc(OC)ccc23)sc2c1CCCC2. The highest BCUT2D eigenvalue weighted by Gasteiger charge is 2.26. The molecule has 2 N–H and O–H groups in total. The summed E-state index contributed by atoms with van der Waals surface area (Å²) in [5.74, 6) is -0.162. The van der Waals surface area contributed by atoms with E-state index in [1.807, 2.05) is 0 Å². The van der Waals surface area contributed by atoms with Crippen LogP contribution in [0, 0.1) is 0 Å². The third kappa shape index (κ3) is 3.51. The van der Waals surface area contributed by atoms with Crippen LogP contribution in [0.15, 0.2) is 33.5 Å². The summed E-state index contributed by atoms with van der Waals surface area (Å²) in [6.45, 7) is 0. The zero-order chi connectivity index (χ0) is 20.5. The Morgan fingerprint density at radius 2 is 1.93 bits per heavy atom. The number of hydrogen-bond donors (Lipinski definition) is 2. The van der Waals surface area contributed by atoms with Gasteiger partial charge < -0.3 is 19.8 Å². The summed E-state index contributed by atoms with van der Waals surface area (Å²) in [6, 6.07) is 6.09. The Kier molecular flexibility index (Phi) is 5.10. The molecule has 1 aliphatic carbocycles. The van der Waals surface area contributed by atoms with E-state index in [4.69, 9.17) is 9.15 Å². The molecule has 0 bridgehead atoms. The van der Waals surface area contributed by atoms with Gasteiger partial charge >= 0.3 is 5.63 Å². The van der Waals surface area contributed by atoms with Crippen LogP contribution in [0.2, 0.25) is 0 Å². The second-order valence-electron chi connectivity index (χ2n) is 6.79. The van der Waals surface area contributed by atoms with E-state index in [0.29, 0.717) is 21.7 Å². The summed E-state index contributed by atoms with van der Waals surface area (Å²) in [6.07, 6.45) is 3.81. The van der Waals surface area contributed by atoms with Gasteiger partial charge in [-0.25, -0.2) is 4.79 Å². The fraction of sp³-hybridized carbons (Fsp3) is 0.286. The molecule has 7 nitrogen and oxygen atoms in total. The van der Waals surface area contributed by atoms with E-state index in [1.165, 1.54) is 18.4 Å². The Labute approximate surface area is 170 Å². The number of carbonyl (C=O) groups is 2. The molecule has 0 saturated carbocycles. The molecule has 0 fully saturated rings. The van der Waals surface area contributed by atoms with Crippen LogP contribution in [-0.4, -0.2) is 26.0 Å². The van der Waals surface area contributed by atoms with E-state index in [0.717, 1.165) is 42.2 Å². The number of anilines is 1. The number of benzene rings is 1. The summed E-state index contributed by atoms with van der Waals surface area (Å²) in [5.41, 5.74) is 1.35. The van der Waals surface area contributed by atoms with Crippen molar-refractivity contribution in [1.82, 2.24) is 5.32 Å². The highest BCUT2D eigenvalue weighted by molar-refractivity contribution is 7.17. The van der Waals surface area contributed by atoms with Crippen LogP contribution in [0.3, 0.4) is 0 Å². The predicted molar refractivity (Wildman–Crippen MR) is 111 cm³/mol. The summed E-state index contributed by atoms with van der Waals surface area (Å²) in [7, 11) is 3.08. The smallest absolute Gasteiger partial charge is 0.337 e. The Morgan fingerprint density at radius 1 is 1.14 bits per heavy atom. The number of ether oxygens (including phenoxy) is 1. The zero-order valence-corrected chi connectivity index (χ0v) is 16.9. The monoisotopic (exact) mass is 412 g/mol. The fourth-order valence-corrected chi connectivity index (χ4v) is 4.93. The Balaban J connectivity index is 1.77. The van der Waals surface area contributed by atoms with Crippen molar-refractivity contribution in [3.8, 4) is 5.75 Å². The van der Waals surface area contributed by atoms with E-state index in [1.54, 1.807) is 25.2 Å². The minimum absolute atomic E-state index is 0.188. The highest BCUT2D eigenvalue weighted by Crippen LogP contribution is 2.38. The van der Waals surface area contributed by atoms with Crippen molar-refractivity contribution in [2.75, 3.05) is 19.5 Å². The molecule has 0 aliphatic heterocycles. The molecule has 0 saturated heterocycles. The Bertz CT molecular complexity index is 1180. The lowest BCUT2D eigenvalue weighted by atomic mass is 9.95. The largest absolute Gasteiger partial charge is 0.497 e. The van der Waals surface area contributed by atoms with Crippen molar-refractivity contribution < 1.29 is 18.7 Å². The van der Waals surface area contributed by atoms with Crippen molar-refractivity contribution in [2.24, 2.45) is 0 Å². The van der Waals surface area contributed by atoms with Crippen LogP contribution in [0.1, 0.15) is 44.0 Å². The van der Waals surface area contributed by atoms with Crippen LogP contribution in [-0.2, 0) is 12.8 Å². The van der Waals surface area contributed by atoms with Gasteiger partial charge in [0.1, 0.15) is 16.3 Å². The number of aryl methyl sites for hydroxylation is 1. The minimum Gasteiger partial charge on any atom is -0.497 e. The first-order valence-electron chi connectivity index (χ1n) is 9.31. The van der Waals surface area contributed by atoms with E-state index in [-0.39, 0.29) is 17.1 Å². The summed E-state index contributed by atoms with van der Waals surface area (Å²) >= 11 is 1.43. The average molecular weight is 412 g/mol. The second-order valence-corrected chi connectivity index (χ2v) is 7.89. The van der Waals surface area contributed by atoms with Crippen molar-refractivity contribution >= 4 is 39.1 Å². The van der Waals surface area contributed by atoms with Crippen molar-refractivity contribution in [2.45, 2.75) is 25.7 Å². The average Bonchev–Trinajstić information content (AvgIpc) is 3.09. The molecular formula is C21H20N2O5S. The van der Waals surface area contributed by atoms with Crippen LogP contribution in [0.4, 0.5) is 5.00 Å². The van der Waals surface area contributed by atoms with Gasteiger partial charge in [0.15, 0.2) is 0 Å². The standard InChI is InChI=1S/C21H20N2O5S/c1-22-20(26)18-13-5-3-4-6-16(13)29-21(18)23-19(25)14-10-17(24)28-15-9-11(27-2)7-8-12(14)15/h7-10H,3-6H2,1-2H3,(H,22,26)(H,23,25). The fourth-order valence-electron chi connectivity index (χ4n) is 3.65. The van der Waals surface area contributed by atoms with Gasteiger partial charge in [0.05, 0.1) is 18.2 Å². The van der Waals surface area contributed by atoms with E-state index >= 15 is 0 Å². The third-order valence-corrected chi connectivity index (χ3v) is 6.26. The number of hydrogen-bond acceptors (Lipinski definition) is 6. The summed E-state index contributed by atoms with van der Waals surface area (Å²) < 4.78 is 10.4. The molecule has 2 heterocycles. The molecule has 0 unspecified atom stereocenters. The number of methoxy groups -OCH3 is 1. The molecule has 3 aromatic rings. The van der Waals surface area contributed by atoms with Gasteiger partial charge in [-0.2, -0.15) is 0 Å². The maximum Gasteiger partial charge on any atom is 0.337 e. The molecule has 0 radical (unpaired) electrons. The van der Waals surface area contributed by atoms with Crippen LogP contribution in [0.5, 0.6) is 5.75 Å². The first-order valence-corrected chi connectivity index (χ1v) is 10.1. The maximum atomic E-state index is 13.1. The van der Waals surface area contributed by atoms with Crippen molar-refractivity contribution in [1.29, 1.82) is 0 Å². The second kappa shape index (κ2) is 7.71. The molecule has 0 spiro atoms. The molecule has 150 valence electrons. The van der Waals surface area contributed by atoms with Gasteiger partial charge in [-0.3, -0.25) is 9.59 Å². The minimum atomic E-state index is -0.632. The lowest BCUT2D eigenvalue weighted by molar-refractivity contribution is 0.0963. The van der Waals surface area contributed by atoms with Gasteiger partial charge in [0.25, 0.3) is 11.8 Å². The number of nitrogens with one attached hydrogen (secondary N) is 2.